The maximum absolute atomic E-state index is 15.0. The highest BCUT2D eigenvalue weighted by Gasteiger charge is 2.31. The number of piperazine rings is 1. The van der Waals surface area contributed by atoms with E-state index in [1.807, 2.05) is 11.9 Å². The Labute approximate surface area is 169 Å². The summed E-state index contributed by atoms with van der Waals surface area (Å²) in [5.41, 5.74) is 0.803. The third-order valence-electron chi connectivity index (χ3n) is 4.93. The van der Waals surface area contributed by atoms with Crippen molar-refractivity contribution in [2.75, 3.05) is 57.2 Å². The van der Waals surface area contributed by atoms with Crippen LogP contribution in [0, 0.1) is 5.82 Å². The number of allylic oxidation sites excluding steroid dienone is 2. The Kier molecular flexibility index (Phi) is 6.33. The van der Waals surface area contributed by atoms with E-state index in [-0.39, 0.29) is 11.3 Å². The second kappa shape index (κ2) is 8.91. The fourth-order valence-corrected chi connectivity index (χ4v) is 3.39. The van der Waals surface area contributed by atoms with Gasteiger partial charge in [0, 0.05) is 32.4 Å². The minimum absolute atomic E-state index is 0.0259. The van der Waals surface area contributed by atoms with E-state index >= 15 is 0 Å². The summed E-state index contributed by atoms with van der Waals surface area (Å²) in [7, 11) is 4.48. The summed E-state index contributed by atoms with van der Waals surface area (Å²) in [5, 5.41) is 0. The van der Waals surface area contributed by atoms with Crippen molar-refractivity contribution >= 4 is 23.3 Å². The van der Waals surface area contributed by atoms with Crippen LogP contribution in [0.25, 0.3) is 0 Å². The van der Waals surface area contributed by atoms with Gasteiger partial charge in [-0.1, -0.05) is 12.1 Å². The molecule has 0 radical (unpaired) electrons. The van der Waals surface area contributed by atoms with Gasteiger partial charge in [0.05, 0.1) is 31.2 Å². The van der Waals surface area contributed by atoms with Crippen molar-refractivity contribution in [3.05, 3.63) is 59.7 Å². The Bertz CT molecular complexity index is 886. The van der Waals surface area contributed by atoms with Crippen LogP contribution in [0.15, 0.2) is 53.9 Å². The van der Waals surface area contributed by atoms with Gasteiger partial charge in [-0.3, -0.25) is 0 Å². The number of nitrogens with zero attached hydrogens (tertiary/aromatic N) is 3. The van der Waals surface area contributed by atoms with Crippen molar-refractivity contribution in [3.63, 3.8) is 0 Å². The molecule has 1 fully saturated rings. The third-order valence-corrected chi connectivity index (χ3v) is 4.93. The van der Waals surface area contributed by atoms with Crippen molar-refractivity contribution < 1.29 is 23.5 Å². The number of hydrogen-bond acceptors (Lipinski definition) is 7. The molecule has 1 saturated heterocycles. The quantitative estimate of drug-likeness (QED) is 0.716. The van der Waals surface area contributed by atoms with Gasteiger partial charge in [0.2, 0.25) is 0 Å². The van der Waals surface area contributed by atoms with E-state index in [4.69, 9.17) is 9.47 Å². The van der Waals surface area contributed by atoms with E-state index in [1.54, 1.807) is 30.5 Å². The van der Waals surface area contributed by atoms with Gasteiger partial charge in [-0.2, -0.15) is 0 Å². The molecule has 0 aliphatic carbocycles. The van der Waals surface area contributed by atoms with E-state index in [0.29, 0.717) is 24.5 Å². The monoisotopic (exact) mass is 401 g/mol. The average molecular weight is 401 g/mol. The smallest absolute Gasteiger partial charge is 0.355 e. The lowest BCUT2D eigenvalue weighted by Gasteiger charge is -2.37. The zero-order chi connectivity index (χ0) is 21.0. The highest BCUT2D eigenvalue weighted by atomic mass is 19.1. The highest BCUT2D eigenvalue weighted by molar-refractivity contribution is 6.06. The van der Waals surface area contributed by atoms with Gasteiger partial charge in [-0.05, 0) is 31.3 Å². The number of carbonyl (C=O) groups excluding carboxylic acids is 2. The molecule has 0 unspecified atom stereocenters. The molecule has 8 heteroatoms. The summed E-state index contributed by atoms with van der Waals surface area (Å²) >= 11 is 0. The highest BCUT2D eigenvalue weighted by Crippen LogP contribution is 2.37. The Morgan fingerprint density at radius 1 is 1.00 bits per heavy atom. The van der Waals surface area contributed by atoms with Crippen LogP contribution in [0.1, 0.15) is 0 Å². The summed E-state index contributed by atoms with van der Waals surface area (Å²) in [6.45, 7) is 2.86. The first kappa shape index (κ1) is 20.6. The zero-order valence-electron chi connectivity index (χ0n) is 16.7. The number of halogens is 1. The number of likely N-dealkylation sites (N-methyl/N-ethyl adjacent to an activating group) is 1. The zero-order valence-corrected chi connectivity index (χ0v) is 16.7. The molecule has 0 N–H and O–H groups in total. The normalized spacial score (nSPS) is 17.4. The molecule has 0 spiro atoms. The minimum atomic E-state index is -0.727. The van der Waals surface area contributed by atoms with E-state index in [0.717, 1.165) is 13.1 Å². The van der Waals surface area contributed by atoms with Crippen LogP contribution in [0.4, 0.5) is 15.8 Å². The first-order valence-corrected chi connectivity index (χ1v) is 9.25. The summed E-state index contributed by atoms with van der Waals surface area (Å²) in [6.07, 6.45) is 6.36. The first-order valence-electron chi connectivity index (χ1n) is 9.25. The van der Waals surface area contributed by atoms with Crippen LogP contribution in [-0.4, -0.2) is 64.3 Å². The van der Waals surface area contributed by atoms with E-state index < -0.39 is 17.8 Å². The van der Waals surface area contributed by atoms with E-state index in [1.165, 1.54) is 31.3 Å². The molecular weight excluding hydrogens is 377 g/mol. The van der Waals surface area contributed by atoms with Crippen molar-refractivity contribution in [1.29, 1.82) is 0 Å². The topological polar surface area (TPSA) is 62.3 Å². The predicted octanol–water partition coefficient (Wildman–Crippen LogP) is 2.07. The molecule has 0 atom stereocenters. The number of esters is 2. The summed E-state index contributed by atoms with van der Waals surface area (Å²) < 4.78 is 24.7. The van der Waals surface area contributed by atoms with E-state index in [9.17, 15) is 14.0 Å². The number of methoxy groups -OCH3 is 2. The molecule has 0 amide bonds. The van der Waals surface area contributed by atoms with Gasteiger partial charge in [-0.15, -0.1) is 0 Å². The maximum Gasteiger partial charge on any atom is 0.355 e. The molecule has 29 heavy (non-hydrogen) atoms. The number of rotatable bonds is 4. The molecular formula is C21H24FN3O4. The number of ether oxygens (including phenoxy) is 2. The Balaban J connectivity index is 2.16. The minimum Gasteiger partial charge on any atom is -0.465 e. The van der Waals surface area contributed by atoms with Crippen LogP contribution in [0.2, 0.25) is 0 Å². The molecule has 1 aromatic rings. The molecule has 0 bridgehead atoms. The lowest BCUT2D eigenvalue weighted by Crippen LogP contribution is -2.45. The summed E-state index contributed by atoms with van der Waals surface area (Å²) in [6, 6.07) is 4.67. The number of benzene rings is 1. The number of carbonyl (C=O) groups is 2. The Morgan fingerprint density at radius 3 is 2.34 bits per heavy atom. The second-order valence-electron chi connectivity index (χ2n) is 6.71. The molecule has 2 aliphatic heterocycles. The predicted molar refractivity (Wildman–Crippen MR) is 108 cm³/mol. The Morgan fingerprint density at radius 2 is 1.69 bits per heavy atom. The summed E-state index contributed by atoms with van der Waals surface area (Å²) in [4.78, 5) is 30.6. The maximum atomic E-state index is 15.0. The molecule has 2 heterocycles. The molecule has 0 saturated carbocycles. The first-order chi connectivity index (χ1) is 14.0. The van der Waals surface area contributed by atoms with Crippen LogP contribution < -0.4 is 9.80 Å². The second-order valence-corrected chi connectivity index (χ2v) is 6.71. The van der Waals surface area contributed by atoms with Crippen molar-refractivity contribution in [2.24, 2.45) is 0 Å². The van der Waals surface area contributed by atoms with Gasteiger partial charge >= 0.3 is 11.9 Å². The van der Waals surface area contributed by atoms with Crippen molar-refractivity contribution in [3.8, 4) is 0 Å². The molecule has 1 aromatic carbocycles. The van der Waals surface area contributed by atoms with Gasteiger partial charge in [0.1, 0.15) is 11.5 Å². The standard InChI is InChI=1S/C21H24FN3O4/c1-23-11-13-24(14-12-23)19-16(22)8-6-9-17(19)25-10-5-4-7-15(20(26)28-2)18(25)21(27)29-3/h4-10H,11-14H2,1-3H3. The molecule has 7 nitrogen and oxygen atoms in total. The third kappa shape index (κ3) is 4.17. The van der Waals surface area contributed by atoms with Crippen molar-refractivity contribution in [2.45, 2.75) is 0 Å². The molecule has 3 rings (SSSR count). The van der Waals surface area contributed by atoms with Gasteiger partial charge in [-0.25, -0.2) is 14.0 Å². The molecule has 2 aliphatic rings. The number of para-hydroxylation sites is 1. The average Bonchev–Trinajstić information content (AvgIpc) is 2.96. The van der Waals surface area contributed by atoms with Crippen LogP contribution in [0.3, 0.4) is 0 Å². The lowest BCUT2D eigenvalue weighted by molar-refractivity contribution is -0.139. The Hall–Kier alpha value is -3.13. The fourth-order valence-electron chi connectivity index (χ4n) is 3.39. The molecule has 154 valence electrons. The molecule has 0 aromatic heterocycles. The van der Waals surface area contributed by atoms with Crippen LogP contribution >= 0.6 is 0 Å². The fraction of sp³-hybridized carbons (Fsp3) is 0.333. The van der Waals surface area contributed by atoms with E-state index in [2.05, 4.69) is 4.90 Å². The van der Waals surface area contributed by atoms with Crippen molar-refractivity contribution in [1.82, 2.24) is 4.90 Å². The summed E-state index contributed by atoms with van der Waals surface area (Å²) in [5.74, 6) is -1.82. The largest absolute Gasteiger partial charge is 0.465 e. The van der Waals surface area contributed by atoms with Crippen LogP contribution in [-0.2, 0) is 19.1 Å². The number of hydrogen-bond donors (Lipinski definition) is 0. The van der Waals surface area contributed by atoms with Gasteiger partial charge < -0.3 is 24.2 Å². The number of anilines is 2. The van der Waals surface area contributed by atoms with Gasteiger partial charge in [0.25, 0.3) is 0 Å². The SMILES string of the molecule is COC(=O)C1=C(C(=O)OC)N(c2cccc(F)c2N2CCN(C)CC2)C=CC=C1. The lowest BCUT2D eigenvalue weighted by atomic mass is 10.1. The van der Waals surface area contributed by atoms with Gasteiger partial charge in [0.15, 0.2) is 0 Å². The van der Waals surface area contributed by atoms with Crippen LogP contribution in [0.5, 0.6) is 0 Å².